The lowest BCUT2D eigenvalue weighted by molar-refractivity contribution is 0.238. The van der Waals surface area contributed by atoms with Crippen molar-refractivity contribution in [3.05, 3.63) is 0 Å². The van der Waals surface area contributed by atoms with Crippen LogP contribution in [0.4, 0.5) is 0 Å². The Labute approximate surface area is 115 Å². The van der Waals surface area contributed by atoms with Gasteiger partial charge in [0.1, 0.15) is 5.54 Å². The second kappa shape index (κ2) is 5.78. The van der Waals surface area contributed by atoms with Crippen LogP contribution in [0.15, 0.2) is 0 Å². The van der Waals surface area contributed by atoms with E-state index in [0.29, 0.717) is 19.0 Å². The highest BCUT2D eigenvalue weighted by atomic mass is 32.2. The van der Waals surface area contributed by atoms with Gasteiger partial charge in [0.2, 0.25) is 0 Å². The average molecular weight is 285 g/mol. The van der Waals surface area contributed by atoms with Crippen molar-refractivity contribution in [2.75, 3.05) is 38.2 Å². The van der Waals surface area contributed by atoms with Crippen molar-refractivity contribution in [2.24, 2.45) is 5.92 Å². The molecule has 0 aromatic rings. The van der Waals surface area contributed by atoms with E-state index >= 15 is 0 Å². The Balaban J connectivity index is 1.85. The fraction of sp³-hybridized carbons (Fsp3) is 0.923. The van der Waals surface area contributed by atoms with E-state index in [9.17, 15) is 13.7 Å². The van der Waals surface area contributed by atoms with Crippen LogP contribution in [0.25, 0.3) is 0 Å². The van der Waals surface area contributed by atoms with Gasteiger partial charge in [0.25, 0.3) is 0 Å². The molecule has 2 rings (SSSR count). The topological polar surface area (TPSA) is 73.2 Å². The number of hydrogen-bond donors (Lipinski definition) is 1. The van der Waals surface area contributed by atoms with Crippen molar-refractivity contribution in [3.8, 4) is 6.07 Å². The maximum Gasteiger partial charge on any atom is 0.152 e. The minimum Gasteiger partial charge on any atom is -0.302 e. The van der Waals surface area contributed by atoms with Gasteiger partial charge < -0.3 is 10.2 Å². The molecule has 0 bridgehead atoms. The summed E-state index contributed by atoms with van der Waals surface area (Å²) in [5, 5.41) is 12.6. The monoisotopic (exact) mass is 285 g/mol. The van der Waals surface area contributed by atoms with Gasteiger partial charge in [0.05, 0.1) is 17.6 Å². The molecule has 2 aliphatic rings. The number of nitrogens with zero attached hydrogens (tertiary/aromatic N) is 2. The van der Waals surface area contributed by atoms with Crippen LogP contribution < -0.4 is 5.32 Å². The zero-order valence-corrected chi connectivity index (χ0v) is 12.4. The minimum absolute atomic E-state index is 0.285. The van der Waals surface area contributed by atoms with Crippen LogP contribution in [0.1, 0.15) is 25.7 Å². The highest BCUT2D eigenvalue weighted by molar-refractivity contribution is 7.91. The molecule has 108 valence electrons. The zero-order valence-electron chi connectivity index (χ0n) is 11.6. The molecule has 0 spiro atoms. The summed E-state index contributed by atoms with van der Waals surface area (Å²) < 4.78 is 22.7. The summed E-state index contributed by atoms with van der Waals surface area (Å²) in [6.07, 6.45) is 4.11. The highest BCUT2D eigenvalue weighted by Gasteiger charge is 2.41. The fourth-order valence-electron chi connectivity index (χ4n) is 3.31. The van der Waals surface area contributed by atoms with Crippen molar-refractivity contribution < 1.29 is 8.42 Å². The van der Waals surface area contributed by atoms with Crippen LogP contribution in [-0.2, 0) is 9.84 Å². The summed E-state index contributed by atoms with van der Waals surface area (Å²) in [6.45, 7) is 2.20. The second-order valence-electron chi connectivity index (χ2n) is 5.70. The average Bonchev–Trinajstić information content (AvgIpc) is 2.81. The van der Waals surface area contributed by atoms with E-state index in [1.165, 1.54) is 0 Å². The molecule has 1 saturated carbocycles. The molecule has 2 unspecified atom stereocenters. The van der Waals surface area contributed by atoms with Crippen LogP contribution >= 0.6 is 0 Å². The molecular formula is C13H23N3O2S. The number of nitriles is 1. The Morgan fingerprint density at radius 1 is 1.42 bits per heavy atom. The molecule has 1 aliphatic heterocycles. The van der Waals surface area contributed by atoms with Crippen LogP contribution in [0.2, 0.25) is 0 Å². The maximum atomic E-state index is 11.4. The van der Waals surface area contributed by atoms with Gasteiger partial charge in [0, 0.05) is 13.1 Å². The fourth-order valence-corrected chi connectivity index (χ4v) is 4.59. The highest BCUT2D eigenvalue weighted by Crippen LogP contribution is 2.37. The molecule has 0 aromatic heterocycles. The summed E-state index contributed by atoms with van der Waals surface area (Å²) >= 11 is 0. The first-order valence-electron chi connectivity index (χ1n) is 7.04. The van der Waals surface area contributed by atoms with Gasteiger partial charge >= 0.3 is 0 Å². The predicted octanol–water partition coefficient (Wildman–Crippen LogP) is 0.389. The molecule has 19 heavy (non-hydrogen) atoms. The Bertz CT molecular complexity index is 443. The molecule has 1 heterocycles. The lowest BCUT2D eigenvalue weighted by Gasteiger charge is -2.32. The summed E-state index contributed by atoms with van der Waals surface area (Å²) in [6, 6.07) is 2.45. The molecule has 5 nitrogen and oxygen atoms in total. The first kappa shape index (κ1) is 14.8. The van der Waals surface area contributed by atoms with E-state index in [2.05, 4.69) is 16.3 Å². The van der Waals surface area contributed by atoms with Gasteiger partial charge in [-0.3, -0.25) is 0 Å². The Morgan fingerprint density at radius 3 is 2.68 bits per heavy atom. The smallest absolute Gasteiger partial charge is 0.152 e. The first-order chi connectivity index (χ1) is 9.01. The molecular weight excluding hydrogens is 262 g/mol. The predicted molar refractivity (Wildman–Crippen MR) is 74.5 cm³/mol. The third kappa shape index (κ3) is 3.28. The summed E-state index contributed by atoms with van der Waals surface area (Å²) in [7, 11) is -0.921. The molecule has 0 amide bonds. The van der Waals surface area contributed by atoms with E-state index in [1.807, 2.05) is 7.05 Å². The van der Waals surface area contributed by atoms with E-state index in [0.717, 1.165) is 32.2 Å². The van der Waals surface area contributed by atoms with Gasteiger partial charge in [-0.25, -0.2) is 8.42 Å². The van der Waals surface area contributed by atoms with E-state index in [4.69, 9.17) is 0 Å². The largest absolute Gasteiger partial charge is 0.302 e. The maximum absolute atomic E-state index is 11.4. The third-order valence-corrected chi connectivity index (χ3v) is 6.31. The normalized spacial score (nSPS) is 35.1. The number of nitrogens with one attached hydrogen (secondary N) is 1. The molecule has 2 atom stereocenters. The standard InChI is InChI=1S/C13H23N3O2S/c1-15-13(11-14)5-2-3-12(13)4-6-16-7-9-19(17,18)10-8-16/h12,15H,2-10H2,1H3. The summed E-state index contributed by atoms with van der Waals surface area (Å²) in [5.74, 6) is 0.959. The van der Waals surface area contributed by atoms with Gasteiger partial charge in [-0.2, -0.15) is 5.26 Å². The molecule has 1 aliphatic carbocycles. The first-order valence-corrected chi connectivity index (χ1v) is 8.86. The van der Waals surface area contributed by atoms with Crippen LogP contribution in [-0.4, -0.2) is 57.0 Å². The van der Waals surface area contributed by atoms with E-state index in [-0.39, 0.29) is 17.0 Å². The minimum atomic E-state index is -2.79. The van der Waals surface area contributed by atoms with Crippen molar-refractivity contribution >= 4 is 9.84 Å². The van der Waals surface area contributed by atoms with Gasteiger partial charge in [-0.05, 0) is 38.8 Å². The molecule has 1 saturated heterocycles. The Kier molecular flexibility index (Phi) is 4.49. The molecule has 0 radical (unpaired) electrons. The van der Waals surface area contributed by atoms with Crippen molar-refractivity contribution in [1.29, 1.82) is 5.26 Å². The van der Waals surface area contributed by atoms with Gasteiger partial charge in [-0.15, -0.1) is 0 Å². The van der Waals surface area contributed by atoms with Crippen LogP contribution in [0, 0.1) is 17.2 Å². The Hall–Kier alpha value is -0.640. The number of rotatable bonds is 4. The summed E-state index contributed by atoms with van der Waals surface area (Å²) in [5.41, 5.74) is -0.359. The van der Waals surface area contributed by atoms with Crippen molar-refractivity contribution in [3.63, 3.8) is 0 Å². The van der Waals surface area contributed by atoms with Crippen LogP contribution in [0.5, 0.6) is 0 Å². The summed E-state index contributed by atoms with van der Waals surface area (Å²) in [4.78, 5) is 2.22. The van der Waals surface area contributed by atoms with Gasteiger partial charge in [-0.1, -0.05) is 6.42 Å². The molecule has 6 heteroatoms. The van der Waals surface area contributed by atoms with E-state index in [1.54, 1.807) is 0 Å². The zero-order chi connectivity index (χ0) is 13.9. The second-order valence-corrected chi connectivity index (χ2v) is 8.01. The number of hydrogen-bond acceptors (Lipinski definition) is 5. The van der Waals surface area contributed by atoms with Crippen LogP contribution in [0.3, 0.4) is 0 Å². The molecule has 2 fully saturated rings. The third-order valence-electron chi connectivity index (χ3n) is 4.70. The van der Waals surface area contributed by atoms with Crippen molar-refractivity contribution in [1.82, 2.24) is 10.2 Å². The Morgan fingerprint density at radius 2 is 2.11 bits per heavy atom. The molecule has 0 aromatic carbocycles. The quantitative estimate of drug-likeness (QED) is 0.809. The lowest BCUT2D eigenvalue weighted by Crippen LogP contribution is -2.47. The van der Waals surface area contributed by atoms with E-state index < -0.39 is 9.84 Å². The lowest BCUT2D eigenvalue weighted by atomic mass is 9.86. The molecule has 1 N–H and O–H groups in total. The van der Waals surface area contributed by atoms with Crippen molar-refractivity contribution in [2.45, 2.75) is 31.2 Å². The van der Waals surface area contributed by atoms with Gasteiger partial charge in [0.15, 0.2) is 9.84 Å². The SMILES string of the molecule is CNC1(C#N)CCCC1CCN1CCS(=O)(=O)CC1. The number of sulfone groups is 1.